The summed E-state index contributed by atoms with van der Waals surface area (Å²) >= 11 is 5.86. The van der Waals surface area contributed by atoms with E-state index in [-0.39, 0.29) is 16.8 Å². The molecule has 0 spiro atoms. The predicted octanol–water partition coefficient (Wildman–Crippen LogP) is 1.60. The Balaban J connectivity index is 2.34. The van der Waals surface area contributed by atoms with Gasteiger partial charge in [-0.1, -0.05) is 11.6 Å². The second-order valence-corrected chi connectivity index (χ2v) is 3.98. The molecule has 1 aliphatic heterocycles. The number of hydrogen-bond acceptors (Lipinski definition) is 4. The van der Waals surface area contributed by atoms with E-state index in [0.717, 1.165) is 19.3 Å². The lowest BCUT2D eigenvalue weighted by atomic mass is 10.2. The Bertz CT molecular complexity index is 427. The zero-order chi connectivity index (χ0) is 11.5. The number of aromatic nitrogens is 2. The second-order valence-electron chi connectivity index (χ2n) is 3.60. The molecule has 1 aromatic rings. The van der Waals surface area contributed by atoms with E-state index in [2.05, 4.69) is 5.10 Å². The van der Waals surface area contributed by atoms with Crippen LogP contribution in [0.2, 0.25) is 5.02 Å². The molecule has 1 fully saturated rings. The molecule has 0 aromatic carbocycles. The summed E-state index contributed by atoms with van der Waals surface area (Å²) in [6, 6.07) is 0. The van der Waals surface area contributed by atoms with Crippen LogP contribution in [0.1, 0.15) is 25.5 Å². The molecule has 0 saturated carbocycles. The van der Waals surface area contributed by atoms with Crippen LogP contribution < -0.4 is 10.3 Å². The first-order chi connectivity index (χ1) is 7.74. The topological polar surface area (TPSA) is 53.4 Å². The maximum Gasteiger partial charge on any atom is 0.291 e. The first-order valence-electron chi connectivity index (χ1n) is 5.17. The molecule has 1 aliphatic rings. The number of hydrogen-bond donors (Lipinski definition) is 0. The summed E-state index contributed by atoms with van der Waals surface area (Å²) in [6.07, 6.45) is 3.97. The Hall–Kier alpha value is -1.07. The minimum Gasteiger partial charge on any atom is -0.493 e. The Kier molecular flexibility index (Phi) is 3.46. The van der Waals surface area contributed by atoms with E-state index in [1.807, 2.05) is 0 Å². The average molecular weight is 245 g/mol. The van der Waals surface area contributed by atoms with Crippen molar-refractivity contribution in [2.45, 2.75) is 25.5 Å². The number of nitrogens with zero attached hydrogens (tertiary/aromatic N) is 2. The van der Waals surface area contributed by atoms with Gasteiger partial charge in [-0.15, -0.1) is 0 Å². The monoisotopic (exact) mass is 244 g/mol. The van der Waals surface area contributed by atoms with Crippen molar-refractivity contribution in [3.63, 3.8) is 0 Å². The summed E-state index contributed by atoms with van der Waals surface area (Å²) in [5, 5.41) is 4.05. The van der Waals surface area contributed by atoms with Gasteiger partial charge in [-0.05, 0) is 19.3 Å². The van der Waals surface area contributed by atoms with E-state index in [1.165, 1.54) is 18.0 Å². The van der Waals surface area contributed by atoms with E-state index in [9.17, 15) is 4.79 Å². The number of ether oxygens (including phenoxy) is 2. The molecule has 2 heterocycles. The summed E-state index contributed by atoms with van der Waals surface area (Å²) in [5.41, 5.74) is -0.368. The molecule has 0 radical (unpaired) electrons. The molecule has 1 unspecified atom stereocenters. The van der Waals surface area contributed by atoms with Gasteiger partial charge < -0.3 is 9.47 Å². The highest BCUT2D eigenvalue weighted by Gasteiger charge is 2.20. The molecule has 5 nitrogen and oxygen atoms in total. The number of methoxy groups -OCH3 is 1. The lowest BCUT2D eigenvalue weighted by Gasteiger charge is -2.23. The quantitative estimate of drug-likeness (QED) is 0.793. The zero-order valence-electron chi connectivity index (χ0n) is 8.98. The van der Waals surface area contributed by atoms with Crippen LogP contribution in [0.5, 0.6) is 5.75 Å². The maximum atomic E-state index is 11.9. The van der Waals surface area contributed by atoms with Crippen molar-refractivity contribution in [1.29, 1.82) is 0 Å². The fourth-order valence-electron chi connectivity index (χ4n) is 1.69. The van der Waals surface area contributed by atoms with Crippen LogP contribution in [-0.4, -0.2) is 23.5 Å². The molecule has 88 valence electrons. The normalized spacial score (nSPS) is 20.8. The summed E-state index contributed by atoms with van der Waals surface area (Å²) in [5.74, 6) is 0.290. The van der Waals surface area contributed by atoms with Gasteiger partial charge in [0.05, 0.1) is 13.3 Å². The van der Waals surface area contributed by atoms with Gasteiger partial charge in [0.15, 0.2) is 17.0 Å². The molecule has 6 heteroatoms. The lowest BCUT2D eigenvalue weighted by molar-refractivity contribution is -0.0425. The Morgan fingerprint density at radius 3 is 3.06 bits per heavy atom. The Morgan fingerprint density at radius 2 is 2.44 bits per heavy atom. The first kappa shape index (κ1) is 11.4. The molecular weight excluding hydrogens is 232 g/mol. The summed E-state index contributed by atoms with van der Waals surface area (Å²) in [7, 11) is 1.45. The van der Waals surface area contributed by atoms with Gasteiger partial charge in [-0.25, -0.2) is 0 Å². The highest BCUT2D eigenvalue weighted by atomic mass is 35.5. The molecular formula is C10H13ClN2O3. The van der Waals surface area contributed by atoms with Crippen LogP contribution in [-0.2, 0) is 4.74 Å². The SMILES string of the molecule is COc1cnn(C2CCCCO2)c(=O)c1Cl. The third-order valence-corrected chi connectivity index (χ3v) is 2.91. The van der Waals surface area contributed by atoms with Gasteiger partial charge >= 0.3 is 0 Å². The Labute approximate surface area is 97.9 Å². The third kappa shape index (κ3) is 2.05. The fourth-order valence-corrected chi connectivity index (χ4v) is 1.91. The van der Waals surface area contributed by atoms with Gasteiger partial charge in [0.1, 0.15) is 0 Å². The van der Waals surface area contributed by atoms with Gasteiger partial charge in [-0.2, -0.15) is 9.78 Å². The van der Waals surface area contributed by atoms with Crippen LogP contribution in [0.4, 0.5) is 0 Å². The van der Waals surface area contributed by atoms with Crippen molar-refractivity contribution in [3.8, 4) is 5.75 Å². The van der Waals surface area contributed by atoms with Crippen molar-refractivity contribution < 1.29 is 9.47 Å². The molecule has 0 N–H and O–H groups in total. The average Bonchev–Trinajstić information content (AvgIpc) is 2.34. The van der Waals surface area contributed by atoms with Crippen molar-refractivity contribution in [3.05, 3.63) is 21.6 Å². The van der Waals surface area contributed by atoms with Crippen LogP contribution >= 0.6 is 11.6 Å². The van der Waals surface area contributed by atoms with Crippen molar-refractivity contribution >= 4 is 11.6 Å². The van der Waals surface area contributed by atoms with E-state index in [0.29, 0.717) is 12.4 Å². The smallest absolute Gasteiger partial charge is 0.291 e. The van der Waals surface area contributed by atoms with Gasteiger partial charge in [-0.3, -0.25) is 4.79 Å². The fraction of sp³-hybridized carbons (Fsp3) is 0.600. The zero-order valence-corrected chi connectivity index (χ0v) is 9.74. The largest absolute Gasteiger partial charge is 0.493 e. The van der Waals surface area contributed by atoms with E-state index in [4.69, 9.17) is 21.1 Å². The highest BCUT2D eigenvalue weighted by Crippen LogP contribution is 2.23. The maximum absolute atomic E-state index is 11.9. The van der Waals surface area contributed by atoms with Gasteiger partial charge in [0.25, 0.3) is 5.56 Å². The molecule has 1 atom stereocenters. The summed E-state index contributed by atoms with van der Waals surface area (Å²) in [4.78, 5) is 11.9. The minimum atomic E-state index is -0.368. The van der Waals surface area contributed by atoms with Crippen LogP contribution in [0.25, 0.3) is 0 Å². The predicted molar refractivity (Wildman–Crippen MR) is 58.9 cm³/mol. The molecule has 2 rings (SSSR count). The van der Waals surface area contributed by atoms with Crippen LogP contribution in [0, 0.1) is 0 Å². The number of halogens is 1. The molecule has 16 heavy (non-hydrogen) atoms. The molecule has 0 amide bonds. The molecule has 1 saturated heterocycles. The van der Waals surface area contributed by atoms with E-state index in [1.54, 1.807) is 0 Å². The van der Waals surface area contributed by atoms with E-state index < -0.39 is 0 Å². The summed E-state index contributed by atoms with van der Waals surface area (Å²) in [6.45, 7) is 0.655. The van der Waals surface area contributed by atoms with Crippen LogP contribution in [0.15, 0.2) is 11.0 Å². The molecule has 1 aromatic heterocycles. The lowest BCUT2D eigenvalue weighted by Crippen LogP contribution is -2.31. The second kappa shape index (κ2) is 4.84. The van der Waals surface area contributed by atoms with Crippen molar-refractivity contribution in [1.82, 2.24) is 9.78 Å². The molecule has 0 aliphatic carbocycles. The van der Waals surface area contributed by atoms with Crippen molar-refractivity contribution in [2.75, 3.05) is 13.7 Å². The third-order valence-electron chi connectivity index (χ3n) is 2.56. The minimum absolute atomic E-state index is 0.0478. The number of rotatable bonds is 2. The van der Waals surface area contributed by atoms with E-state index >= 15 is 0 Å². The van der Waals surface area contributed by atoms with Gasteiger partial charge in [0.2, 0.25) is 0 Å². The Morgan fingerprint density at radius 1 is 1.62 bits per heavy atom. The van der Waals surface area contributed by atoms with Gasteiger partial charge in [0, 0.05) is 6.61 Å². The highest BCUT2D eigenvalue weighted by molar-refractivity contribution is 6.31. The standard InChI is InChI=1S/C10H13ClN2O3/c1-15-7-6-12-13(10(14)9(7)11)8-4-2-3-5-16-8/h6,8H,2-5H2,1H3. The first-order valence-corrected chi connectivity index (χ1v) is 5.54. The molecule has 0 bridgehead atoms. The summed E-state index contributed by atoms with van der Waals surface area (Å²) < 4.78 is 11.7. The van der Waals surface area contributed by atoms with Crippen LogP contribution in [0.3, 0.4) is 0 Å². The van der Waals surface area contributed by atoms with Crippen molar-refractivity contribution in [2.24, 2.45) is 0 Å².